The highest BCUT2D eigenvalue weighted by molar-refractivity contribution is 5.97. The van der Waals surface area contributed by atoms with Crippen LogP contribution in [0.2, 0.25) is 0 Å². The van der Waals surface area contributed by atoms with Crippen molar-refractivity contribution >= 4 is 11.8 Å². The fraction of sp³-hybridized carbons (Fsp3) is 0.368. The van der Waals surface area contributed by atoms with Crippen molar-refractivity contribution in [2.24, 2.45) is 0 Å². The lowest BCUT2D eigenvalue weighted by atomic mass is 10.0. The van der Waals surface area contributed by atoms with Gasteiger partial charge in [0, 0.05) is 19.1 Å². The Labute approximate surface area is 146 Å². The van der Waals surface area contributed by atoms with Gasteiger partial charge in [0.2, 0.25) is 0 Å². The largest absolute Gasteiger partial charge is 0.507 e. The zero-order chi connectivity index (χ0) is 18.0. The van der Waals surface area contributed by atoms with Crippen LogP contribution in [0.25, 0.3) is 0 Å². The second kappa shape index (κ2) is 7.01. The van der Waals surface area contributed by atoms with Crippen molar-refractivity contribution in [3.63, 3.8) is 0 Å². The number of para-hydroxylation sites is 1. The molecule has 0 unspecified atom stereocenters. The number of likely N-dealkylation sites (tertiary alicyclic amines) is 1. The summed E-state index contributed by atoms with van der Waals surface area (Å²) in [5.74, 6) is 0.322. The quantitative estimate of drug-likeness (QED) is 0.898. The summed E-state index contributed by atoms with van der Waals surface area (Å²) >= 11 is 0. The number of hydrogen-bond donors (Lipinski definition) is 2. The first-order valence-electron chi connectivity index (χ1n) is 8.40. The number of amides is 2. The number of furan rings is 1. The Morgan fingerprint density at radius 1 is 1.16 bits per heavy atom. The smallest absolute Gasteiger partial charge is 0.257 e. The lowest BCUT2D eigenvalue weighted by Crippen LogP contribution is -2.46. The number of piperidine rings is 1. The summed E-state index contributed by atoms with van der Waals surface area (Å²) in [7, 11) is 0. The molecule has 25 heavy (non-hydrogen) atoms. The number of hydrogen-bond acceptors (Lipinski definition) is 4. The minimum absolute atomic E-state index is 0.0250. The minimum atomic E-state index is -0.170. The van der Waals surface area contributed by atoms with Crippen molar-refractivity contribution in [3.8, 4) is 5.75 Å². The van der Waals surface area contributed by atoms with E-state index in [0.29, 0.717) is 48.4 Å². The molecule has 1 saturated heterocycles. The van der Waals surface area contributed by atoms with E-state index in [1.54, 1.807) is 43.0 Å². The number of phenols is 1. The van der Waals surface area contributed by atoms with E-state index in [2.05, 4.69) is 5.32 Å². The molecule has 0 spiro atoms. The second-order valence-corrected chi connectivity index (χ2v) is 6.40. The summed E-state index contributed by atoms with van der Waals surface area (Å²) in [5, 5.41) is 13.1. The van der Waals surface area contributed by atoms with Gasteiger partial charge in [-0.2, -0.15) is 0 Å². The fourth-order valence-corrected chi connectivity index (χ4v) is 3.11. The maximum Gasteiger partial charge on any atom is 0.257 e. The van der Waals surface area contributed by atoms with E-state index in [1.165, 1.54) is 6.26 Å². The topological polar surface area (TPSA) is 82.8 Å². The van der Waals surface area contributed by atoms with Gasteiger partial charge >= 0.3 is 0 Å². The van der Waals surface area contributed by atoms with Gasteiger partial charge in [-0.25, -0.2) is 0 Å². The first kappa shape index (κ1) is 17.1. The Morgan fingerprint density at radius 2 is 1.88 bits per heavy atom. The molecule has 0 aliphatic carbocycles. The van der Waals surface area contributed by atoms with E-state index in [0.717, 1.165) is 0 Å². The molecule has 0 saturated carbocycles. The van der Waals surface area contributed by atoms with Crippen LogP contribution in [0, 0.1) is 13.8 Å². The van der Waals surface area contributed by atoms with Crippen molar-refractivity contribution in [2.45, 2.75) is 32.7 Å². The highest BCUT2D eigenvalue weighted by Crippen LogP contribution is 2.24. The Bertz CT molecular complexity index is 788. The summed E-state index contributed by atoms with van der Waals surface area (Å²) < 4.78 is 5.16. The Balaban J connectivity index is 1.58. The first-order chi connectivity index (χ1) is 12.0. The Kier molecular flexibility index (Phi) is 4.79. The van der Waals surface area contributed by atoms with E-state index in [-0.39, 0.29) is 23.6 Å². The lowest BCUT2D eigenvalue weighted by molar-refractivity contribution is 0.0695. The predicted octanol–water partition coefficient (Wildman–Crippen LogP) is 2.64. The van der Waals surface area contributed by atoms with Gasteiger partial charge in [0.15, 0.2) is 0 Å². The summed E-state index contributed by atoms with van der Waals surface area (Å²) in [6.07, 6.45) is 2.86. The summed E-state index contributed by atoms with van der Waals surface area (Å²) in [6, 6.07) is 6.86. The van der Waals surface area contributed by atoms with Gasteiger partial charge in [-0.05, 0) is 44.4 Å². The number of nitrogens with one attached hydrogen (secondary N) is 1. The second-order valence-electron chi connectivity index (χ2n) is 6.40. The number of carbonyl (C=O) groups is 2. The maximum absolute atomic E-state index is 12.6. The molecule has 0 radical (unpaired) electrons. The summed E-state index contributed by atoms with van der Waals surface area (Å²) in [4.78, 5) is 26.6. The number of nitrogens with zero attached hydrogens (tertiary/aromatic N) is 1. The number of benzene rings is 1. The third-order valence-corrected chi connectivity index (χ3v) is 4.69. The number of aryl methyl sites for hydroxylation is 2. The molecule has 1 aliphatic heterocycles. The maximum atomic E-state index is 12.6. The average Bonchev–Trinajstić information content (AvgIpc) is 3.03. The zero-order valence-corrected chi connectivity index (χ0v) is 14.4. The third kappa shape index (κ3) is 3.52. The van der Waals surface area contributed by atoms with Crippen LogP contribution >= 0.6 is 0 Å². The molecule has 2 amide bonds. The SMILES string of the molecule is Cc1cccc(C(=O)N2CCC(NC(=O)c3ccoc3C)CC2)c1O. The number of rotatable bonds is 3. The average molecular weight is 342 g/mol. The van der Waals surface area contributed by atoms with Gasteiger partial charge in [0.25, 0.3) is 11.8 Å². The van der Waals surface area contributed by atoms with Crippen LogP contribution in [0.1, 0.15) is 44.9 Å². The van der Waals surface area contributed by atoms with Gasteiger partial charge in [-0.3, -0.25) is 9.59 Å². The molecule has 0 bridgehead atoms. The fourth-order valence-electron chi connectivity index (χ4n) is 3.11. The molecule has 6 heteroatoms. The van der Waals surface area contributed by atoms with Crippen molar-refractivity contribution < 1.29 is 19.1 Å². The van der Waals surface area contributed by atoms with Crippen LogP contribution in [-0.2, 0) is 0 Å². The molecular weight excluding hydrogens is 320 g/mol. The number of aromatic hydroxyl groups is 1. The number of phenolic OH excluding ortho intramolecular Hbond substituents is 1. The molecule has 3 rings (SSSR count). The summed E-state index contributed by atoms with van der Waals surface area (Å²) in [5.41, 5.74) is 1.56. The normalized spacial score (nSPS) is 15.2. The molecule has 132 valence electrons. The molecule has 1 aromatic carbocycles. The molecule has 1 aliphatic rings. The van der Waals surface area contributed by atoms with Gasteiger partial charge in [-0.15, -0.1) is 0 Å². The summed E-state index contributed by atoms with van der Waals surface area (Å²) in [6.45, 7) is 4.61. The molecule has 2 heterocycles. The Morgan fingerprint density at radius 3 is 2.52 bits per heavy atom. The van der Waals surface area contributed by atoms with Crippen molar-refractivity contribution in [2.75, 3.05) is 13.1 Å². The molecule has 2 aromatic rings. The highest BCUT2D eigenvalue weighted by atomic mass is 16.3. The van der Waals surface area contributed by atoms with Crippen LogP contribution in [0.3, 0.4) is 0 Å². The molecule has 1 aromatic heterocycles. The molecule has 1 fully saturated rings. The molecular formula is C19H22N2O4. The Hall–Kier alpha value is -2.76. The molecule has 0 atom stereocenters. The lowest BCUT2D eigenvalue weighted by Gasteiger charge is -2.32. The van der Waals surface area contributed by atoms with Crippen LogP contribution < -0.4 is 5.32 Å². The predicted molar refractivity (Wildman–Crippen MR) is 92.7 cm³/mol. The van der Waals surface area contributed by atoms with E-state index < -0.39 is 0 Å². The molecule has 6 nitrogen and oxygen atoms in total. The van der Waals surface area contributed by atoms with E-state index >= 15 is 0 Å². The van der Waals surface area contributed by atoms with Crippen LogP contribution in [-0.4, -0.2) is 41.0 Å². The van der Waals surface area contributed by atoms with Gasteiger partial charge < -0.3 is 19.7 Å². The van der Waals surface area contributed by atoms with Gasteiger partial charge in [-0.1, -0.05) is 12.1 Å². The highest BCUT2D eigenvalue weighted by Gasteiger charge is 2.26. The zero-order valence-electron chi connectivity index (χ0n) is 14.4. The number of carbonyl (C=O) groups excluding carboxylic acids is 2. The first-order valence-corrected chi connectivity index (χ1v) is 8.40. The van der Waals surface area contributed by atoms with E-state index in [9.17, 15) is 14.7 Å². The van der Waals surface area contributed by atoms with Crippen molar-refractivity contribution in [3.05, 3.63) is 53.0 Å². The van der Waals surface area contributed by atoms with E-state index in [4.69, 9.17) is 4.42 Å². The minimum Gasteiger partial charge on any atom is -0.507 e. The van der Waals surface area contributed by atoms with Crippen LogP contribution in [0.4, 0.5) is 0 Å². The molecule has 2 N–H and O–H groups in total. The van der Waals surface area contributed by atoms with Crippen LogP contribution in [0.5, 0.6) is 5.75 Å². The standard InChI is InChI=1S/C19H22N2O4/c1-12-4-3-5-16(17(12)22)19(24)21-9-6-14(7-10-21)20-18(23)15-8-11-25-13(15)2/h3-5,8,11,14,22H,6-7,9-10H2,1-2H3,(H,20,23). The monoisotopic (exact) mass is 342 g/mol. The van der Waals surface area contributed by atoms with Gasteiger partial charge in [0.1, 0.15) is 11.5 Å². The third-order valence-electron chi connectivity index (χ3n) is 4.69. The van der Waals surface area contributed by atoms with E-state index in [1.807, 2.05) is 0 Å². The van der Waals surface area contributed by atoms with Gasteiger partial charge in [0.05, 0.1) is 17.4 Å². The van der Waals surface area contributed by atoms with Crippen LogP contribution in [0.15, 0.2) is 34.9 Å². The van der Waals surface area contributed by atoms with Crippen molar-refractivity contribution in [1.82, 2.24) is 10.2 Å². The van der Waals surface area contributed by atoms with Crippen molar-refractivity contribution in [1.29, 1.82) is 0 Å².